The largest absolute Gasteiger partial charge is 0.477 e. The Morgan fingerprint density at radius 1 is 1.24 bits per heavy atom. The maximum Gasteiger partial charge on any atom is 0.342 e. The summed E-state index contributed by atoms with van der Waals surface area (Å²) < 4.78 is 0. The van der Waals surface area contributed by atoms with E-state index in [1.165, 1.54) is 12.1 Å². The monoisotopic (exact) mass is 306 g/mol. The lowest BCUT2D eigenvalue weighted by atomic mass is 10.1. The summed E-state index contributed by atoms with van der Waals surface area (Å²) in [5.41, 5.74) is 1.18. The number of nitro benzene ring substituents is 1. The number of aryl methyl sites for hydroxylation is 1. The number of carboxylic acids is 1. The number of carboxylic acid groups (broad SMARTS) is 1. The van der Waals surface area contributed by atoms with Crippen LogP contribution in [0.4, 0.5) is 17.1 Å². The lowest BCUT2D eigenvalue weighted by molar-refractivity contribution is -0.385. The highest BCUT2D eigenvalue weighted by Gasteiger charge is 2.19. The molecule has 0 saturated carbocycles. The van der Waals surface area contributed by atoms with Crippen LogP contribution in [0.25, 0.3) is 0 Å². The normalized spacial score (nSPS) is 10.2. The number of hydrogen-bond donors (Lipinski definition) is 2. The topological polar surface area (TPSA) is 92.5 Å². The molecule has 2 aromatic rings. The van der Waals surface area contributed by atoms with Crippen LogP contribution in [-0.2, 0) is 0 Å². The molecule has 0 spiro atoms. The highest BCUT2D eigenvalue weighted by Crippen LogP contribution is 2.27. The van der Waals surface area contributed by atoms with Gasteiger partial charge >= 0.3 is 5.97 Å². The zero-order chi connectivity index (χ0) is 15.6. The Bertz CT molecular complexity index is 731. The van der Waals surface area contributed by atoms with E-state index >= 15 is 0 Å². The third kappa shape index (κ3) is 3.29. The maximum atomic E-state index is 11.1. The van der Waals surface area contributed by atoms with Gasteiger partial charge in [0, 0.05) is 22.5 Å². The third-order valence-electron chi connectivity index (χ3n) is 2.88. The minimum Gasteiger partial charge on any atom is -0.477 e. The van der Waals surface area contributed by atoms with E-state index in [1.54, 1.807) is 12.1 Å². The van der Waals surface area contributed by atoms with Crippen molar-refractivity contribution in [2.45, 2.75) is 6.92 Å². The van der Waals surface area contributed by atoms with Gasteiger partial charge in [0.15, 0.2) is 0 Å². The van der Waals surface area contributed by atoms with E-state index in [2.05, 4.69) is 5.32 Å². The summed E-state index contributed by atoms with van der Waals surface area (Å²) in [4.78, 5) is 21.1. The molecule has 0 heterocycles. The molecule has 0 amide bonds. The minimum absolute atomic E-state index is 0.372. The smallest absolute Gasteiger partial charge is 0.342 e. The van der Waals surface area contributed by atoms with E-state index in [0.717, 1.165) is 11.6 Å². The number of rotatable bonds is 4. The van der Waals surface area contributed by atoms with Crippen LogP contribution in [0, 0.1) is 17.0 Å². The van der Waals surface area contributed by atoms with Crippen LogP contribution in [0.2, 0.25) is 5.02 Å². The van der Waals surface area contributed by atoms with Crippen LogP contribution in [0.1, 0.15) is 15.9 Å². The molecule has 0 atom stereocenters. The van der Waals surface area contributed by atoms with Crippen LogP contribution < -0.4 is 5.32 Å². The molecule has 21 heavy (non-hydrogen) atoms. The Kier molecular flexibility index (Phi) is 4.09. The first-order valence-electron chi connectivity index (χ1n) is 5.93. The van der Waals surface area contributed by atoms with Gasteiger partial charge in [-0.2, -0.15) is 0 Å². The van der Waals surface area contributed by atoms with Crippen LogP contribution in [0.15, 0.2) is 36.4 Å². The Balaban J connectivity index is 2.36. The number of benzene rings is 2. The van der Waals surface area contributed by atoms with Crippen molar-refractivity contribution in [3.63, 3.8) is 0 Å². The zero-order valence-electron chi connectivity index (χ0n) is 11.0. The second-order valence-corrected chi connectivity index (χ2v) is 4.79. The first-order valence-corrected chi connectivity index (χ1v) is 6.31. The standard InChI is InChI=1S/C14H11ClN2O4/c1-8-2-3-10(7-12(8)15)16-9-4-5-13(17(20)21)11(6-9)14(18)19/h2-7,16H,1H3,(H,18,19). The van der Waals surface area contributed by atoms with Gasteiger partial charge in [0.1, 0.15) is 5.56 Å². The van der Waals surface area contributed by atoms with Crippen LogP contribution in [0.5, 0.6) is 0 Å². The van der Waals surface area contributed by atoms with E-state index in [1.807, 2.05) is 13.0 Å². The van der Waals surface area contributed by atoms with Crippen molar-refractivity contribution in [3.05, 3.63) is 62.7 Å². The highest BCUT2D eigenvalue weighted by atomic mass is 35.5. The quantitative estimate of drug-likeness (QED) is 0.658. The first-order chi connectivity index (χ1) is 9.88. The van der Waals surface area contributed by atoms with Crippen molar-refractivity contribution >= 4 is 34.6 Å². The number of nitrogens with one attached hydrogen (secondary N) is 1. The van der Waals surface area contributed by atoms with Crippen LogP contribution in [0.3, 0.4) is 0 Å². The summed E-state index contributed by atoms with van der Waals surface area (Å²) >= 11 is 6.01. The molecule has 0 fully saturated rings. The Morgan fingerprint density at radius 3 is 2.43 bits per heavy atom. The molecule has 0 aliphatic heterocycles. The van der Waals surface area contributed by atoms with Gasteiger partial charge in [-0.15, -0.1) is 0 Å². The number of hydrogen-bond acceptors (Lipinski definition) is 4. The second kappa shape index (κ2) is 5.80. The number of aromatic carboxylic acids is 1. The van der Waals surface area contributed by atoms with E-state index in [-0.39, 0.29) is 5.56 Å². The van der Waals surface area contributed by atoms with Crippen LogP contribution >= 0.6 is 11.6 Å². The molecule has 0 aliphatic rings. The summed E-state index contributed by atoms with van der Waals surface area (Å²) in [6.07, 6.45) is 0. The Hall–Kier alpha value is -2.60. The van der Waals surface area contributed by atoms with Gasteiger partial charge in [-0.25, -0.2) is 4.79 Å². The van der Waals surface area contributed by atoms with Crippen molar-refractivity contribution in [1.82, 2.24) is 0 Å². The molecule has 2 rings (SSSR count). The molecule has 108 valence electrons. The van der Waals surface area contributed by atoms with Gasteiger partial charge in [0.05, 0.1) is 4.92 Å². The van der Waals surface area contributed by atoms with E-state index in [9.17, 15) is 14.9 Å². The third-order valence-corrected chi connectivity index (χ3v) is 3.29. The molecule has 7 heteroatoms. The summed E-state index contributed by atoms with van der Waals surface area (Å²) in [5.74, 6) is -1.35. The summed E-state index contributed by atoms with van der Waals surface area (Å²) in [5, 5.41) is 23.3. The van der Waals surface area contributed by atoms with Gasteiger partial charge in [0.2, 0.25) is 0 Å². The number of halogens is 1. The maximum absolute atomic E-state index is 11.1. The van der Waals surface area contributed by atoms with Gasteiger partial charge in [-0.05, 0) is 36.8 Å². The molecule has 0 bridgehead atoms. The molecule has 6 nitrogen and oxygen atoms in total. The molecule has 0 saturated heterocycles. The fourth-order valence-corrected chi connectivity index (χ4v) is 1.96. The van der Waals surface area contributed by atoms with Crippen molar-refractivity contribution in [3.8, 4) is 0 Å². The summed E-state index contributed by atoms with van der Waals surface area (Å²) in [6.45, 7) is 1.86. The lowest BCUT2D eigenvalue weighted by Gasteiger charge is -2.09. The number of carbonyl (C=O) groups is 1. The predicted molar refractivity (Wildman–Crippen MR) is 79.5 cm³/mol. The molecule has 0 unspecified atom stereocenters. The lowest BCUT2D eigenvalue weighted by Crippen LogP contribution is -2.03. The van der Waals surface area contributed by atoms with Gasteiger partial charge in [-0.1, -0.05) is 17.7 Å². The van der Waals surface area contributed by atoms with Crippen molar-refractivity contribution < 1.29 is 14.8 Å². The number of nitro groups is 1. The molecule has 0 radical (unpaired) electrons. The zero-order valence-corrected chi connectivity index (χ0v) is 11.7. The van der Waals surface area contributed by atoms with Crippen LogP contribution in [-0.4, -0.2) is 16.0 Å². The second-order valence-electron chi connectivity index (χ2n) is 4.38. The summed E-state index contributed by atoms with van der Waals surface area (Å²) in [6, 6.07) is 9.10. The van der Waals surface area contributed by atoms with Crippen molar-refractivity contribution in [1.29, 1.82) is 0 Å². The molecule has 0 aromatic heterocycles. The fourth-order valence-electron chi connectivity index (χ4n) is 1.78. The van der Waals surface area contributed by atoms with E-state index < -0.39 is 16.6 Å². The minimum atomic E-state index is -1.35. The average molecular weight is 307 g/mol. The first kappa shape index (κ1) is 14.8. The molecular formula is C14H11ClN2O4. The number of anilines is 2. The molecule has 2 N–H and O–H groups in total. The van der Waals surface area contributed by atoms with Gasteiger partial charge in [0.25, 0.3) is 5.69 Å². The SMILES string of the molecule is Cc1ccc(Nc2ccc([N+](=O)[O-])c(C(=O)O)c2)cc1Cl. The summed E-state index contributed by atoms with van der Waals surface area (Å²) in [7, 11) is 0. The fraction of sp³-hybridized carbons (Fsp3) is 0.0714. The molecular weight excluding hydrogens is 296 g/mol. The molecule has 2 aromatic carbocycles. The molecule has 0 aliphatic carbocycles. The predicted octanol–water partition coefficient (Wildman–Crippen LogP) is 4.00. The van der Waals surface area contributed by atoms with E-state index in [4.69, 9.17) is 16.7 Å². The average Bonchev–Trinajstić information content (AvgIpc) is 2.42. The Morgan fingerprint density at radius 2 is 1.86 bits per heavy atom. The number of nitrogens with zero attached hydrogens (tertiary/aromatic N) is 1. The van der Waals surface area contributed by atoms with Crippen molar-refractivity contribution in [2.75, 3.05) is 5.32 Å². The Labute approximate surface area is 125 Å². The van der Waals surface area contributed by atoms with Gasteiger partial charge < -0.3 is 10.4 Å². The van der Waals surface area contributed by atoms with E-state index in [0.29, 0.717) is 16.4 Å². The van der Waals surface area contributed by atoms with Gasteiger partial charge in [-0.3, -0.25) is 10.1 Å². The van der Waals surface area contributed by atoms with Crippen molar-refractivity contribution in [2.24, 2.45) is 0 Å². The highest BCUT2D eigenvalue weighted by molar-refractivity contribution is 6.31.